The minimum Gasteiger partial charge on any atom is -0.423 e. The number of hydrogen-bond donors (Lipinski definition) is 1. The van der Waals surface area contributed by atoms with E-state index in [0.717, 1.165) is 30.3 Å². The first-order valence-electron chi connectivity index (χ1n) is 7.55. The van der Waals surface area contributed by atoms with Gasteiger partial charge in [0.1, 0.15) is 5.58 Å². The van der Waals surface area contributed by atoms with E-state index in [1.165, 1.54) is 10.4 Å². The van der Waals surface area contributed by atoms with Crippen LogP contribution in [-0.2, 0) is 19.4 Å². The SMILES string of the molecule is CCc1ccc2c(CNCCc3cccs3)cc(=O)oc2c1. The molecule has 3 nitrogen and oxygen atoms in total. The highest BCUT2D eigenvalue weighted by atomic mass is 32.1. The van der Waals surface area contributed by atoms with Crippen LogP contribution in [0, 0.1) is 0 Å². The molecule has 3 rings (SSSR count). The van der Waals surface area contributed by atoms with Gasteiger partial charge in [-0.15, -0.1) is 11.3 Å². The van der Waals surface area contributed by atoms with Gasteiger partial charge in [-0.25, -0.2) is 4.79 Å². The summed E-state index contributed by atoms with van der Waals surface area (Å²) in [6.07, 6.45) is 1.94. The Morgan fingerprint density at radius 3 is 2.91 bits per heavy atom. The standard InChI is InChI=1S/C18H19NO2S/c1-2-13-5-6-16-14(11-18(20)21-17(16)10-13)12-19-8-7-15-4-3-9-22-15/h3-6,9-11,19H,2,7-8,12H2,1H3. The highest BCUT2D eigenvalue weighted by Gasteiger charge is 2.06. The number of rotatable bonds is 6. The van der Waals surface area contributed by atoms with Gasteiger partial charge in [0.05, 0.1) is 0 Å². The largest absolute Gasteiger partial charge is 0.423 e. The maximum atomic E-state index is 11.7. The van der Waals surface area contributed by atoms with E-state index in [1.807, 2.05) is 12.1 Å². The van der Waals surface area contributed by atoms with Crippen molar-refractivity contribution in [1.82, 2.24) is 5.32 Å². The molecule has 2 aromatic heterocycles. The number of fused-ring (bicyclic) bond motifs is 1. The molecule has 0 fully saturated rings. The Labute approximate surface area is 133 Å². The van der Waals surface area contributed by atoms with Crippen LogP contribution in [0.4, 0.5) is 0 Å². The molecule has 1 N–H and O–H groups in total. The number of benzene rings is 1. The zero-order chi connectivity index (χ0) is 15.4. The molecule has 4 heteroatoms. The Bertz CT molecular complexity index is 806. The lowest BCUT2D eigenvalue weighted by molar-refractivity contribution is 0.556. The first-order chi connectivity index (χ1) is 10.8. The average molecular weight is 313 g/mol. The zero-order valence-corrected chi connectivity index (χ0v) is 13.4. The van der Waals surface area contributed by atoms with Crippen molar-refractivity contribution in [3.05, 3.63) is 68.2 Å². The summed E-state index contributed by atoms with van der Waals surface area (Å²) in [5.74, 6) is 0. The number of nitrogens with one attached hydrogen (secondary N) is 1. The van der Waals surface area contributed by atoms with E-state index in [0.29, 0.717) is 12.1 Å². The van der Waals surface area contributed by atoms with Crippen LogP contribution < -0.4 is 10.9 Å². The second-order valence-electron chi connectivity index (χ2n) is 5.28. The average Bonchev–Trinajstić information content (AvgIpc) is 3.04. The lowest BCUT2D eigenvalue weighted by Crippen LogP contribution is -2.17. The van der Waals surface area contributed by atoms with Crippen LogP contribution in [0.2, 0.25) is 0 Å². The summed E-state index contributed by atoms with van der Waals surface area (Å²) in [7, 11) is 0. The maximum absolute atomic E-state index is 11.7. The van der Waals surface area contributed by atoms with Gasteiger partial charge in [-0.1, -0.05) is 25.1 Å². The van der Waals surface area contributed by atoms with E-state index in [9.17, 15) is 4.79 Å². The summed E-state index contributed by atoms with van der Waals surface area (Å²) < 4.78 is 5.33. The predicted molar refractivity (Wildman–Crippen MR) is 91.6 cm³/mol. The summed E-state index contributed by atoms with van der Waals surface area (Å²) in [5, 5.41) is 6.52. The van der Waals surface area contributed by atoms with E-state index >= 15 is 0 Å². The lowest BCUT2D eigenvalue weighted by Gasteiger charge is -2.08. The first kappa shape index (κ1) is 15.0. The molecular weight excluding hydrogens is 294 g/mol. The second-order valence-corrected chi connectivity index (χ2v) is 6.31. The van der Waals surface area contributed by atoms with E-state index in [-0.39, 0.29) is 5.63 Å². The topological polar surface area (TPSA) is 42.2 Å². The Hall–Kier alpha value is -1.91. The van der Waals surface area contributed by atoms with Crippen LogP contribution in [0.5, 0.6) is 0 Å². The molecule has 2 heterocycles. The molecule has 0 spiro atoms. The maximum Gasteiger partial charge on any atom is 0.336 e. The Kier molecular flexibility index (Phi) is 4.71. The normalized spacial score (nSPS) is 11.1. The molecule has 0 aliphatic heterocycles. The van der Waals surface area contributed by atoms with Crippen molar-refractivity contribution in [1.29, 1.82) is 0 Å². The first-order valence-corrected chi connectivity index (χ1v) is 8.43. The molecule has 0 saturated carbocycles. The zero-order valence-electron chi connectivity index (χ0n) is 12.6. The third kappa shape index (κ3) is 3.46. The highest BCUT2D eigenvalue weighted by Crippen LogP contribution is 2.19. The molecule has 0 aliphatic rings. The van der Waals surface area contributed by atoms with Crippen molar-refractivity contribution in [3.63, 3.8) is 0 Å². The van der Waals surface area contributed by atoms with Crippen molar-refractivity contribution in [2.75, 3.05) is 6.54 Å². The van der Waals surface area contributed by atoms with E-state index < -0.39 is 0 Å². The summed E-state index contributed by atoms with van der Waals surface area (Å²) in [6.45, 7) is 3.67. The van der Waals surface area contributed by atoms with Gasteiger partial charge in [-0.3, -0.25) is 0 Å². The fraction of sp³-hybridized carbons (Fsp3) is 0.278. The minimum atomic E-state index is -0.282. The molecule has 0 saturated heterocycles. The fourth-order valence-electron chi connectivity index (χ4n) is 2.53. The molecule has 114 valence electrons. The Morgan fingerprint density at radius 1 is 1.23 bits per heavy atom. The predicted octanol–water partition coefficient (Wildman–Crippen LogP) is 3.75. The van der Waals surface area contributed by atoms with Gasteiger partial charge >= 0.3 is 5.63 Å². The number of thiophene rings is 1. The molecular formula is C18H19NO2S. The molecule has 0 radical (unpaired) electrons. The molecule has 3 aromatic rings. The summed E-state index contributed by atoms with van der Waals surface area (Å²) in [4.78, 5) is 13.1. The van der Waals surface area contributed by atoms with Crippen LogP contribution in [0.25, 0.3) is 11.0 Å². The second kappa shape index (κ2) is 6.90. The van der Waals surface area contributed by atoms with Gasteiger partial charge in [0.2, 0.25) is 0 Å². The number of aryl methyl sites for hydroxylation is 1. The van der Waals surface area contributed by atoms with Gasteiger partial charge in [0.25, 0.3) is 0 Å². The monoisotopic (exact) mass is 313 g/mol. The van der Waals surface area contributed by atoms with Crippen molar-refractivity contribution < 1.29 is 4.42 Å². The van der Waals surface area contributed by atoms with Gasteiger partial charge in [0, 0.05) is 29.4 Å². The molecule has 0 bridgehead atoms. The molecule has 22 heavy (non-hydrogen) atoms. The van der Waals surface area contributed by atoms with E-state index in [4.69, 9.17) is 4.42 Å². The van der Waals surface area contributed by atoms with Gasteiger partial charge in [-0.2, -0.15) is 0 Å². The van der Waals surface area contributed by atoms with Crippen molar-refractivity contribution in [3.8, 4) is 0 Å². The van der Waals surface area contributed by atoms with Crippen LogP contribution >= 0.6 is 11.3 Å². The Balaban J connectivity index is 1.73. The highest BCUT2D eigenvalue weighted by molar-refractivity contribution is 7.09. The Morgan fingerprint density at radius 2 is 2.14 bits per heavy atom. The van der Waals surface area contributed by atoms with E-state index in [2.05, 4.69) is 35.8 Å². The van der Waals surface area contributed by atoms with E-state index in [1.54, 1.807) is 17.4 Å². The van der Waals surface area contributed by atoms with Crippen molar-refractivity contribution in [2.45, 2.75) is 26.3 Å². The molecule has 1 aromatic carbocycles. The summed E-state index contributed by atoms with van der Waals surface area (Å²) >= 11 is 1.77. The quantitative estimate of drug-likeness (QED) is 0.557. The minimum absolute atomic E-state index is 0.282. The molecule has 0 aliphatic carbocycles. The van der Waals surface area contributed by atoms with Gasteiger partial charge in [0.15, 0.2) is 0 Å². The molecule has 0 amide bonds. The van der Waals surface area contributed by atoms with Crippen LogP contribution in [0.15, 0.2) is 51.0 Å². The summed E-state index contributed by atoms with van der Waals surface area (Å²) in [5.41, 5.74) is 2.58. The molecule has 0 atom stereocenters. The molecule has 0 unspecified atom stereocenters. The third-order valence-electron chi connectivity index (χ3n) is 3.75. The van der Waals surface area contributed by atoms with Gasteiger partial charge in [-0.05, 0) is 41.5 Å². The van der Waals surface area contributed by atoms with Gasteiger partial charge < -0.3 is 9.73 Å². The van der Waals surface area contributed by atoms with Crippen LogP contribution in [0.1, 0.15) is 22.9 Å². The summed E-state index contributed by atoms with van der Waals surface area (Å²) in [6, 6.07) is 11.9. The smallest absolute Gasteiger partial charge is 0.336 e. The van der Waals surface area contributed by atoms with Crippen molar-refractivity contribution in [2.24, 2.45) is 0 Å². The number of hydrogen-bond acceptors (Lipinski definition) is 4. The van der Waals surface area contributed by atoms with Crippen LogP contribution in [0.3, 0.4) is 0 Å². The third-order valence-corrected chi connectivity index (χ3v) is 4.68. The van der Waals surface area contributed by atoms with Crippen LogP contribution in [-0.4, -0.2) is 6.54 Å². The lowest BCUT2D eigenvalue weighted by atomic mass is 10.1. The fourth-order valence-corrected chi connectivity index (χ4v) is 3.24. The van der Waals surface area contributed by atoms with Crippen molar-refractivity contribution >= 4 is 22.3 Å².